The normalized spacial score (nSPS) is 8.42. The summed E-state index contributed by atoms with van der Waals surface area (Å²) in [5.41, 5.74) is 1.07. The monoisotopic (exact) mass is 322 g/mol. The van der Waals surface area contributed by atoms with Gasteiger partial charge in [-0.3, -0.25) is 0 Å². The molecule has 0 aromatic heterocycles. The molecule has 0 fully saturated rings. The van der Waals surface area contributed by atoms with E-state index in [0.29, 0.717) is 0 Å². The number of hydrogen-bond acceptors (Lipinski definition) is 0. The van der Waals surface area contributed by atoms with Crippen molar-refractivity contribution in [3.05, 3.63) is 91.3 Å². The summed E-state index contributed by atoms with van der Waals surface area (Å²) in [6, 6.07) is 27.0. The van der Waals surface area contributed by atoms with Gasteiger partial charge in [-0.05, 0) is 5.39 Å². The smallest absolute Gasteiger partial charge is 0.199 e. The van der Waals surface area contributed by atoms with Crippen LogP contribution >= 0.6 is 17.0 Å². The first kappa shape index (κ1) is 18.0. The Hall–Kier alpha value is -0.964. The second kappa shape index (κ2) is 9.90. The molecule has 0 bridgehead atoms. The van der Waals surface area contributed by atoms with Gasteiger partial charge in [0.2, 0.25) is 0 Å². The van der Waals surface area contributed by atoms with E-state index in [1.807, 2.05) is 48.5 Å². The van der Waals surface area contributed by atoms with Crippen LogP contribution in [0.15, 0.2) is 72.8 Å². The van der Waals surface area contributed by atoms with Crippen LogP contribution in [0.25, 0.3) is 10.8 Å². The van der Waals surface area contributed by atoms with Crippen molar-refractivity contribution in [1.82, 2.24) is 0 Å². The third-order valence-electron chi connectivity index (χ3n) is 2.42. The Morgan fingerprint density at radius 2 is 1.37 bits per heavy atom. The van der Waals surface area contributed by atoms with Crippen LogP contribution in [0, 0.1) is 13.0 Å². The van der Waals surface area contributed by atoms with Crippen LogP contribution in [0.3, 0.4) is 0 Å². The fourth-order valence-electron chi connectivity index (χ4n) is 1.58. The van der Waals surface area contributed by atoms with Crippen molar-refractivity contribution < 1.29 is 0 Å². The number of rotatable bonds is 0. The van der Waals surface area contributed by atoms with E-state index in [-0.39, 0.29) is 40.0 Å². The molecule has 0 amide bonds. The summed E-state index contributed by atoms with van der Waals surface area (Å²) in [5, 5.41) is 2.54. The molecule has 19 heavy (non-hydrogen) atoms. The van der Waals surface area contributed by atoms with Gasteiger partial charge in [-0.25, -0.2) is 0 Å². The topological polar surface area (TPSA) is 0 Å². The van der Waals surface area contributed by atoms with E-state index in [0.717, 1.165) is 5.56 Å². The largest absolute Gasteiger partial charge is 2.00 e. The van der Waals surface area contributed by atoms with Crippen molar-refractivity contribution >= 4 is 50.8 Å². The fraction of sp³-hybridized carbons (Fsp3) is 0. The molecule has 0 unspecified atom stereocenters. The molecule has 0 aliphatic rings. The molecule has 3 aromatic rings. The summed E-state index contributed by atoms with van der Waals surface area (Å²) in [6.07, 6.45) is 0. The molecule has 0 spiro atoms. The van der Waals surface area contributed by atoms with Gasteiger partial charge >= 0.3 is 23.1 Å². The van der Waals surface area contributed by atoms with Gasteiger partial charge in [-0.15, -0.1) is 23.0 Å². The zero-order chi connectivity index (χ0) is 11.9. The molecule has 0 aliphatic heterocycles. The minimum atomic E-state index is 0. The SMILES string of the molecule is Br.[CH2-]c1ccc2ccccc2c1.[Mg+2].[c-]1ccccc1. The Kier molecular flexibility index (Phi) is 9.40. The van der Waals surface area contributed by atoms with E-state index < -0.39 is 0 Å². The average Bonchev–Trinajstić information content (AvgIpc) is 2.41. The van der Waals surface area contributed by atoms with E-state index >= 15 is 0 Å². The third-order valence-corrected chi connectivity index (χ3v) is 2.42. The van der Waals surface area contributed by atoms with Gasteiger partial charge in [0.1, 0.15) is 0 Å². The van der Waals surface area contributed by atoms with Crippen LogP contribution < -0.4 is 0 Å². The molecule has 0 saturated heterocycles. The van der Waals surface area contributed by atoms with Crippen LogP contribution in [0.1, 0.15) is 5.56 Å². The first-order valence-electron chi connectivity index (χ1n) is 5.58. The van der Waals surface area contributed by atoms with Crippen molar-refractivity contribution in [2.45, 2.75) is 0 Å². The van der Waals surface area contributed by atoms with Crippen molar-refractivity contribution in [2.75, 3.05) is 0 Å². The van der Waals surface area contributed by atoms with Crippen molar-refractivity contribution in [2.24, 2.45) is 0 Å². The van der Waals surface area contributed by atoms with E-state index in [1.165, 1.54) is 10.8 Å². The first-order chi connectivity index (χ1) is 8.36. The summed E-state index contributed by atoms with van der Waals surface area (Å²) >= 11 is 0. The molecule has 3 aromatic carbocycles. The van der Waals surface area contributed by atoms with Crippen LogP contribution in [-0.2, 0) is 0 Å². The molecule has 0 heterocycles. The Morgan fingerprint density at radius 1 is 0.737 bits per heavy atom. The average molecular weight is 324 g/mol. The molecular formula is C17H15BrMg. The van der Waals surface area contributed by atoms with Crippen molar-refractivity contribution in [1.29, 1.82) is 0 Å². The van der Waals surface area contributed by atoms with Crippen molar-refractivity contribution in [3.63, 3.8) is 0 Å². The van der Waals surface area contributed by atoms with E-state index in [4.69, 9.17) is 0 Å². The summed E-state index contributed by atoms with van der Waals surface area (Å²) in [5.74, 6) is 0. The summed E-state index contributed by atoms with van der Waals surface area (Å²) < 4.78 is 0. The van der Waals surface area contributed by atoms with Gasteiger partial charge in [-0.1, -0.05) is 29.7 Å². The molecule has 0 N–H and O–H groups in total. The van der Waals surface area contributed by atoms with Gasteiger partial charge in [-0.2, -0.15) is 61.0 Å². The van der Waals surface area contributed by atoms with E-state index in [2.05, 4.69) is 37.3 Å². The molecular weight excluding hydrogens is 308 g/mol. The predicted octanol–water partition coefficient (Wildman–Crippen LogP) is 4.71. The van der Waals surface area contributed by atoms with Crippen LogP contribution in [-0.4, -0.2) is 23.1 Å². The van der Waals surface area contributed by atoms with Gasteiger partial charge in [0, 0.05) is 0 Å². The second-order valence-electron chi connectivity index (χ2n) is 3.76. The molecule has 0 nitrogen and oxygen atoms in total. The van der Waals surface area contributed by atoms with E-state index in [1.54, 1.807) is 0 Å². The first-order valence-corrected chi connectivity index (χ1v) is 5.58. The third kappa shape index (κ3) is 6.14. The number of benzene rings is 3. The number of fused-ring (bicyclic) bond motifs is 1. The zero-order valence-electron chi connectivity index (χ0n) is 10.8. The number of halogens is 1. The Bertz CT molecular complexity index is 552. The maximum absolute atomic E-state index is 3.87. The zero-order valence-corrected chi connectivity index (χ0v) is 13.9. The maximum Gasteiger partial charge on any atom is 2.00 e. The molecule has 2 heteroatoms. The van der Waals surface area contributed by atoms with E-state index in [9.17, 15) is 0 Å². The maximum atomic E-state index is 3.87. The molecule has 0 atom stereocenters. The van der Waals surface area contributed by atoms with Gasteiger partial charge < -0.3 is 0 Å². The van der Waals surface area contributed by atoms with Gasteiger partial charge in [0.15, 0.2) is 0 Å². The standard InChI is InChI=1S/C11H9.C6H5.BrH.Mg/c1-9-6-7-10-4-2-3-5-11(10)8-9;1-2-4-6-5-3-1;;/h2-8H,1H2;1-5H;1H;/q2*-1;;+2. The molecule has 92 valence electrons. The fourth-order valence-corrected chi connectivity index (χ4v) is 1.58. The Labute approximate surface area is 141 Å². The summed E-state index contributed by atoms with van der Waals surface area (Å²) in [7, 11) is 0. The minimum absolute atomic E-state index is 0. The second-order valence-corrected chi connectivity index (χ2v) is 3.76. The molecule has 3 rings (SSSR count). The van der Waals surface area contributed by atoms with Gasteiger partial charge in [0.25, 0.3) is 0 Å². The van der Waals surface area contributed by atoms with Crippen LogP contribution in [0.4, 0.5) is 0 Å². The molecule has 0 radical (unpaired) electrons. The minimum Gasteiger partial charge on any atom is -0.199 e. The van der Waals surface area contributed by atoms with Crippen LogP contribution in [0.5, 0.6) is 0 Å². The molecule has 0 aliphatic carbocycles. The Balaban J connectivity index is 0.000000353. The summed E-state index contributed by atoms with van der Waals surface area (Å²) in [6.45, 7) is 3.87. The van der Waals surface area contributed by atoms with Crippen molar-refractivity contribution in [3.8, 4) is 0 Å². The summed E-state index contributed by atoms with van der Waals surface area (Å²) in [4.78, 5) is 0. The van der Waals surface area contributed by atoms with Crippen LogP contribution in [0.2, 0.25) is 0 Å². The quantitative estimate of drug-likeness (QED) is 0.415. The number of hydrogen-bond donors (Lipinski definition) is 0. The molecule has 0 saturated carbocycles. The van der Waals surface area contributed by atoms with Gasteiger partial charge in [0.05, 0.1) is 0 Å². The Morgan fingerprint density at radius 3 is 1.89 bits per heavy atom. The predicted molar refractivity (Wildman–Crippen MR) is 89.8 cm³/mol.